The predicted molar refractivity (Wildman–Crippen MR) is 198 cm³/mol. The number of aromatic amines is 1. The van der Waals surface area contributed by atoms with Crippen molar-refractivity contribution in [2.75, 3.05) is 7.05 Å². The van der Waals surface area contributed by atoms with E-state index in [0.717, 1.165) is 29.3 Å². The summed E-state index contributed by atoms with van der Waals surface area (Å²) in [5, 5.41) is 7.35. The number of fused-ring (bicyclic) bond motifs is 3. The average molecular weight is 576 g/mol. The second-order valence-electron chi connectivity index (χ2n) is 14.4. The van der Waals surface area contributed by atoms with Crippen molar-refractivity contribution in [3.63, 3.8) is 0 Å². The largest absolute Gasteiger partial charge is 0.454 e. The molecular weight excluding hydrogens is 544 g/mol. The molecule has 6 rings (SSSR count). The summed E-state index contributed by atoms with van der Waals surface area (Å²) >= 11 is 0. The van der Waals surface area contributed by atoms with Crippen LogP contribution in [0.1, 0.15) is 20.7 Å². The van der Waals surface area contributed by atoms with Gasteiger partial charge in [-0.2, -0.15) is 0 Å². The molecule has 2 aromatic heterocycles. The van der Waals surface area contributed by atoms with Crippen LogP contribution < -0.4 is 10.6 Å². The molecule has 3 aromatic carbocycles. The molecule has 212 valence electrons. The molecule has 6 nitrogen and oxygen atoms in total. The number of carbonyl (C=O) groups excluding carboxylic acids is 2. The van der Waals surface area contributed by atoms with Crippen LogP contribution in [0.3, 0.4) is 0 Å². The maximum Gasteiger partial charge on any atom is 0.255 e. The molecule has 1 aliphatic heterocycles. The zero-order chi connectivity index (χ0) is 31.8. The molecule has 2 amide bonds. The summed E-state index contributed by atoms with van der Waals surface area (Å²) in [5.41, 5.74) is 4.16. The second kappa shape index (κ2) is 10.1. The predicted octanol–water partition coefficient (Wildman–Crippen LogP) is -1.68. The normalized spacial score (nSPS) is 16.6. The minimum Gasteiger partial charge on any atom is -0.454 e. The summed E-state index contributed by atoms with van der Waals surface area (Å²) in [4.78, 5) is 30.6. The van der Waals surface area contributed by atoms with E-state index in [-0.39, 0.29) is 33.0 Å². The van der Waals surface area contributed by atoms with E-state index in [0.29, 0.717) is 33.4 Å². The third kappa shape index (κ3) is 4.33. The van der Waals surface area contributed by atoms with Crippen LogP contribution in [0.25, 0.3) is 44.3 Å². The molecule has 0 aliphatic carbocycles. The average Bonchev–Trinajstić information content (AvgIpc) is 3.59. The number of furan rings is 1. The number of carbonyl (C=O) groups is 2. The number of H-pyrrole nitrogens is 1. The molecule has 5 aromatic rings. The van der Waals surface area contributed by atoms with Crippen LogP contribution in [0, 0.1) is 5.82 Å². The van der Waals surface area contributed by atoms with Gasteiger partial charge in [0.25, 0.3) is 11.8 Å². The highest BCUT2D eigenvalue weighted by atomic mass is 19.1. The third-order valence-corrected chi connectivity index (χ3v) is 9.83. The van der Waals surface area contributed by atoms with Crippen molar-refractivity contribution in [3.05, 3.63) is 83.8 Å². The van der Waals surface area contributed by atoms with Crippen LogP contribution >= 0.6 is 0 Å². The fourth-order valence-corrected chi connectivity index (χ4v) is 8.97. The van der Waals surface area contributed by atoms with E-state index in [9.17, 15) is 14.0 Å². The van der Waals surface area contributed by atoms with Crippen molar-refractivity contribution < 1.29 is 18.4 Å². The highest BCUT2D eigenvalue weighted by Gasteiger charge is 2.68. The van der Waals surface area contributed by atoms with Crippen molar-refractivity contribution in [2.45, 2.75) is 20.9 Å². The van der Waals surface area contributed by atoms with Crippen molar-refractivity contribution in [3.8, 4) is 22.5 Å². The molecule has 1 aliphatic rings. The van der Waals surface area contributed by atoms with Crippen LogP contribution in [-0.2, 0) is 0 Å². The standard InChI is InChI=1S/C29H32B8FN3O3/c1-39-25(43)20-19-12-18(21-17(9-10-40-21)23(19)44-22(20)13-5-7-16(38)8-6-13)14-3-2-4-15(11-14)24(42)41-26(27(30,31)32)28(33,34)37-29(26,35)36/h2-12,37,40H,30-36H2,1H3,(H,39,43)(H,41,42). The zero-order valence-electron chi connectivity index (χ0n) is 26.7. The summed E-state index contributed by atoms with van der Waals surface area (Å²) in [6.07, 6.45) is 1.83. The van der Waals surface area contributed by atoms with Gasteiger partial charge in [0.05, 0.1) is 66.0 Å². The molecule has 3 heterocycles. The van der Waals surface area contributed by atoms with Gasteiger partial charge in [0, 0.05) is 40.7 Å². The number of rotatable bonds is 6. The molecule has 0 unspecified atom stereocenters. The van der Waals surface area contributed by atoms with E-state index in [2.05, 4.69) is 70.5 Å². The van der Waals surface area contributed by atoms with Gasteiger partial charge in [0.1, 0.15) is 24.4 Å². The molecular formula is C29H32B8FN3O3. The molecule has 0 saturated carbocycles. The highest BCUT2D eigenvalue weighted by Crippen LogP contribution is 2.65. The van der Waals surface area contributed by atoms with Crippen molar-refractivity contribution in [1.29, 1.82) is 0 Å². The zero-order valence-corrected chi connectivity index (χ0v) is 26.7. The van der Waals surface area contributed by atoms with E-state index in [4.69, 9.17) is 4.42 Å². The quantitative estimate of drug-likeness (QED) is 0.211. The molecule has 1 fully saturated rings. The fourth-order valence-electron chi connectivity index (χ4n) is 8.97. The molecule has 1 saturated heterocycles. The molecule has 44 heavy (non-hydrogen) atoms. The van der Waals surface area contributed by atoms with Crippen LogP contribution in [0.5, 0.6) is 0 Å². The monoisotopic (exact) mass is 577 g/mol. The number of amides is 2. The van der Waals surface area contributed by atoms with Crippen molar-refractivity contribution in [1.82, 2.24) is 15.6 Å². The topological polar surface area (TPSA) is 87.1 Å². The number of benzene rings is 3. The number of hydrogen-bond acceptors (Lipinski definition) is 3. The van der Waals surface area contributed by atoms with Crippen LogP contribution in [0.4, 0.5) is 4.39 Å². The number of aromatic nitrogens is 1. The SMILES string of the molecule is BC(B)(B)C1(NC(=O)c2cccc(-c3cc4c(C(=O)NC)c(-c5ccc(F)cc5)oc4c4cc[nH]c34)c2)C(B)(B)BC1(B)B. The molecule has 0 atom stereocenters. The molecule has 0 radical (unpaired) electrons. The Hall–Kier alpha value is -3.87. The van der Waals surface area contributed by atoms with Crippen LogP contribution in [-0.4, -0.2) is 91.6 Å². The Morgan fingerprint density at radius 1 is 0.909 bits per heavy atom. The van der Waals surface area contributed by atoms with E-state index in [1.165, 1.54) is 12.1 Å². The lowest BCUT2D eigenvalue weighted by Gasteiger charge is -2.74. The first-order valence-electron chi connectivity index (χ1n) is 15.1. The first-order chi connectivity index (χ1) is 20.6. The summed E-state index contributed by atoms with van der Waals surface area (Å²) in [5.74, 6) is -0.427. The van der Waals surface area contributed by atoms with Crippen molar-refractivity contribution in [2.24, 2.45) is 0 Å². The van der Waals surface area contributed by atoms with Gasteiger partial charge in [-0.15, -0.1) is 0 Å². The lowest BCUT2D eigenvalue weighted by molar-refractivity contribution is 0.0881. The van der Waals surface area contributed by atoms with Crippen molar-refractivity contribution >= 4 is 95.9 Å². The van der Waals surface area contributed by atoms with Gasteiger partial charge in [-0.3, -0.25) is 9.59 Å². The molecule has 15 heteroatoms. The Labute approximate surface area is 263 Å². The van der Waals surface area contributed by atoms with Gasteiger partial charge in [0.15, 0.2) is 0 Å². The Morgan fingerprint density at radius 2 is 1.59 bits per heavy atom. The smallest absolute Gasteiger partial charge is 0.255 e. The lowest BCUT2D eigenvalue weighted by Crippen LogP contribution is -2.82. The van der Waals surface area contributed by atoms with Gasteiger partial charge in [0.2, 0.25) is 0 Å². The van der Waals surface area contributed by atoms with E-state index in [1.54, 1.807) is 19.2 Å². The first-order valence-corrected chi connectivity index (χ1v) is 15.1. The molecule has 0 spiro atoms. The summed E-state index contributed by atoms with van der Waals surface area (Å²) < 4.78 is 20.1. The highest BCUT2D eigenvalue weighted by molar-refractivity contribution is 6.88. The Kier molecular flexibility index (Phi) is 6.91. The number of halogens is 1. The van der Waals surface area contributed by atoms with Crippen LogP contribution in [0.2, 0.25) is 15.3 Å². The molecule has 0 bridgehead atoms. The number of hydrogen-bond donors (Lipinski definition) is 3. The van der Waals surface area contributed by atoms with Gasteiger partial charge in [-0.1, -0.05) is 27.5 Å². The van der Waals surface area contributed by atoms with E-state index < -0.39 is 5.54 Å². The Balaban J connectivity index is 1.49. The summed E-state index contributed by atoms with van der Waals surface area (Å²) in [6, 6.07) is 17.4. The first kappa shape index (κ1) is 30.2. The lowest BCUT2D eigenvalue weighted by atomic mass is 8.95. The fraction of sp³-hybridized carbons (Fsp3) is 0.172. The van der Waals surface area contributed by atoms with E-state index in [1.807, 2.05) is 42.6 Å². The maximum atomic E-state index is 14.0. The minimum absolute atomic E-state index is 0.0801. The summed E-state index contributed by atoms with van der Waals surface area (Å²) in [7, 11) is 18.2. The summed E-state index contributed by atoms with van der Waals surface area (Å²) in [6.45, 7) is 0. The Morgan fingerprint density at radius 3 is 2.20 bits per heavy atom. The minimum atomic E-state index is -0.415. The van der Waals surface area contributed by atoms with Gasteiger partial charge in [-0.25, -0.2) is 4.39 Å². The number of nitrogens with one attached hydrogen (secondary N) is 3. The van der Waals surface area contributed by atoms with E-state index >= 15 is 0 Å². The molecule has 3 N–H and O–H groups in total. The van der Waals surface area contributed by atoms with Gasteiger partial charge >= 0.3 is 0 Å². The third-order valence-electron chi connectivity index (χ3n) is 9.83. The Bertz CT molecular complexity index is 1930. The van der Waals surface area contributed by atoms with Crippen LogP contribution in [0.15, 0.2) is 71.3 Å². The van der Waals surface area contributed by atoms with Gasteiger partial charge < -0.3 is 20.0 Å². The van der Waals surface area contributed by atoms with Gasteiger partial charge in [-0.05, 0) is 59.6 Å². The maximum absolute atomic E-state index is 14.0. The second-order valence-corrected chi connectivity index (χ2v) is 14.4.